The van der Waals surface area contributed by atoms with Crippen molar-refractivity contribution in [3.05, 3.63) is 23.5 Å². The van der Waals surface area contributed by atoms with E-state index in [1.807, 2.05) is 0 Å². The lowest BCUT2D eigenvalue weighted by Gasteiger charge is -2.41. The molecule has 0 amide bonds. The molecule has 2 nitrogen and oxygen atoms in total. The Morgan fingerprint density at radius 2 is 2.19 bits per heavy atom. The lowest BCUT2D eigenvalue weighted by atomic mass is 9.64. The summed E-state index contributed by atoms with van der Waals surface area (Å²) >= 11 is 1.23. The lowest BCUT2D eigenvalue weighted by Crippen LogP contribution is -2.42. The number of phenols is 1. The molecule has 0 bridgehead atoms. The Balaban J connectivity index is 2.49. The van der Waals surface area contributed by atoms with Gasteiger partial charge in [0.05, 0.1) is 4.90 Å². The Labute approximate surface area is 99.0 Å². The molecular weight excluding hydrogens is 225 g/mol. The van der Waals surface area contributed by atoms with Crippen LogP contribution < -0.4 is 5.73 Å². The number of hydrogen-bond acceptors (Lipinski definition) is 3. The minimum absolute atomic E-state index is 0.0141. The van der Waals surface area contributed by atoms with Gasteiger partial charge in [-0.25, -0.2) is 4.39 Å². The topological polar surface area (TPSA) is 46.2 Å². The van der Waals surface area contributed by atoms with E-state index in [1.165, 1.54) is 11.8 Å². The molecule has 16 heavy (non-hydrogen) atoms. The van der Waals surface area contributed by atoms with Gasteiger partial charge in [-0.1, -0.05) is 12.5 Å². The predicted octanol–water partition coefficient (Wildman–Crippen LogP) is 2.63. The van der Waals surface area contributed by atoms with E-state index in [0.29, 0.717) is 17.0 Å². The molecule has 0 heterocycles. The molecule has 0 aliphatic heterocycles. The van der Waals surface area contributed by atoms with Gasteiger partial charge in [-0.2, -0.15) is 0 Å². The highest BCUT2D eigenvalue weighted by Gasteiger charge is 2.40. The Bertz CT molecular complexity index is 399. The molecule has 0 radical (unpaired) electrons. The van der Waals surface area contributed by atoms with Gasteiger partial charge in [0.15, 0.2) is 0 Å². The molecule has 0 unspecified atom stereocenters. The molecule has 0 spiro atoms. The third-order valence-electron chi connectivity index (χ3n) is 3.55. The summed E-state index contributed by atoms with van der Waals surface area (Å²) in [5.74, 6) is -0.280. The fraction of sp³-hybridized carbons (Fsp3) is 0.500. The molecular formula is C12H16FNOS. The molecule has 0 saturated heterocycles. The first-order valence-corrected chi connectivity index (χ1v) is 6.63. The first-order chi connectivity index (χ1) is 7.64. The zero-order valence-electron chi connectivity index (χ0n) is 9.29. The molecule has 1 aromatic rings. The lowest BCUT2D eigenvalue weighted by molar-refractivity contribution is 0.242. The van der Waals surface area contributed by atoms with Crippen LogP contribution in [0.2, 0.25) is 0 Å². The minimum atomic E-state index is -0.294. The zero-order valence-corrected chi connectivity index (χ0v) is 10.1. The van der Waals surface area contributed by atoms with E-state index in [9.17, 15) is 9.50 Å². The molecule has 1 fully saturated rings. The fourth-order valence-electron chi connectivity index (χ4n) is 2.34. The zero-order chi connectivity index (χ0) is 11.8. The number of hydrogen-bond donors (Lipinski definition) is 2. The largest absolute Gasteiger partial charge is 0.507 e. The number of aromatic hydroxyl groups is 1. The summed E-state index contributed by atoms with van der Waals surface area (Å²) < 4.78 is 14.2. The van der Waals surface area contributed by atoms with Gasteiger partial charge in [-0.3, -0.25) is 0 Å². The Kier molecular flexibility index (Phi) is 3.13. The van der Waals surface area contributed by atoms with Crippen LogP contribution in [0.3, 0.4) is 0 Å². The Morgan fingerprint density at radius 3 is 2.62 bits per heavy atom. The smallest absolute Gasteiger partial charge is 0.144 e. The quantitative estimate of drug-likeness (QED) is 0.800. The third-order valence-corrected chi connectivity index (χ3v) is 4.35. The number of nitrogens with two attached hydrogens (primary N) is 1. The third kappa shape index (κ3) is 1.60. The van der Waals surface area contributed by atoms with Crippen molar-refractivity contribution in [2.75, 3.05) is 12.8 Å². The highest BCUT2D eigenvalue weighted by Crippen LogP contribution is 2.46. The van der Waals surface area contributed by atoms with E-state index in [-0.39, 0.29) is 17.0 Å². The van der Waals surface area contributed by atoms with Crippen LogP contribution in [0.1, 0.15) is 24.8 Å². The van der Waals surface area contributed by atoms with E-state index in [2.05, 4.69) is 0 Å². The molecule has 4 heteroatoms. The van der Waals surface area contributed by atoms with Crippen LogP contribution in [0.5, 0.6) is 5.75 Å². The molecule has 1 aromatic carbocycles. The van der Waals surface area contributed by atoms with Crippen LogP contribution >= 0.6 is 11.8 Å². The van der Waals surface area contributed by atoms with Gasteiger partial charge in [0, 0.05) is 12.0 Å². The van der Waals surface area contributed by atoms with Crippen LogP contribution in [-0.2, 0) is 5.41 Å². The van der Waals surface area contributed by atoms with E-state index in [1.54, 1.807) is 18.4 Å². The summed E-state index contributed by atoms with van der Waals surface area (Å²) in [6, 6.07) is 3.25. The van der Waals surface area contributed by atoms with Crippen molar-refractivity contribution in [2.24, 2.45) is 5.73 Å². The van der Waals surface area contributed by atoms with Gasteiger partial charge < -0.3 is 10.8 Å². The second-order valence-corrected chi connectivity index (χ2v) is 5.13. The van der Waals surface area contributed by atoms with Crippen molar-refractivity contribution >= 4 is 11.8 Å². The summed E-state index contributed by atoms with van der Waals surface area (Å²) in [6.07, 6.45) is 4.75. The van der Waals surface area contributed by atoms with Crippen molar-refractivity contribution in [2.45, 2.75) is 29.6 Å². The number of benzene rings is 1. The molecule has 1 saturated carbocycles. The first-order valence-electron chi connectivity index (χ1n) is 5.40. The standard InChI is InChI=1S/C12H16FNOS/c1-16-11-9(15)4-3-8(10(11)13)12(7-14)5-2-6-12/h3-4,15H,2,5-7,14H2,1H3. The highest BCUT2D eigenvalue weighted by atomic mass is 32.2. The van der Waals surface area contributed by atoms with Crippen LogP contribution in [0.4, 0.5) is 4.39 Å². The van der Waals surface area contributed by atoms with Gasteiger partial charge in [0.2, 0.25) is 0 Å². The SMILES string of the molecule is CSc1c(O)ccc(C2(CN)CCC2)c1F. The summed E-state index contributed by atoms with van der Waals surface area (Å²) in [7, 11) is 0. The average molecular weight is 241 g/mol. The molecule has 0 aromatic heterocycles. The van der Waals surface area contributed by atoms with Crippen molar-refractivity contribution in [1.29, 1.82) is 0 Å². The summed E-state index contributed by atoms with van der Waals surface area (Å²) in [6.45, 7) is 0.475. The van der Waals surface area contributed by atoms with E-state index >= 15 is 0 Å². The monoisotopic (exact) mass is 241 g/mol. The van der Waals surface area contributed by atoms with Gasteiger partial charge in [-0.15, -0.1) is 11.8 Å². The number of rotatable bonds is 3. The first kappa shape index (κ1) is 11.7. The van der Waals surface area contributed by atoms with Gasteiger partial charge in [-0.05, 0) is 30.7 Å². The molecule has 88 valence electrons. The van der Waals surface area contributed by atoms with Crippen molar-refractivity contribution in [3.8, 4) is 5.75 Å². The van der Waals surface area contributed by atoms with Crippen molar-refractivity contribution in [1.82, 2.24) is 0 Å². The molecule has 0 atom stereocenters. The van der Waals surface area contributed by atoms with Crippen LogP contribution in [0, 0.1) is 5.82 Å². The summed E-state index contributed by atoms with van der Waals surface area (Å²) in [4.78, 5) is 0.331. The number of phenolic OH excluding ortho intramolecular Hbond substituents is 1. The number of thioether (sulfide) groups is 1. The maximum absolute atomic E-state index is 14.2. The predicted molar refractivity (Wildman–Crippen MR) is 64.4 cm³/mol. The van der Waals surface area contributed by atoms with E-state index in [4.69, 9.17) is 5.73 Å². The normalized spacial score (nSPS) is 18.2. The molecule has 1 aliphatic carbocycles. The molecule has 2 rings (SSSR count). The molecule has 1 aliphatic rings. The second kappa shape index (κ2) is 4.26. The highest BCUT2D eigenvalue weighted by molar-refractivity contribution is 7.98. The minimum Gasteiger partial charge on any atom is -0.507 e. The fourth-order valence-corrected chi connectivity index (χ4v) is 2.90. The van der Waals surface area contributed by atoms with Gasteiger partial charge in [0.25, 0.3) is 0 Å². The van der Waals surface area contributed by atoms with Crippen LogP contribution in [0.25, 0.3) is 0 Å². The Morgan fingerprint density at radius 1 is 1.50 bits per heavy atom. The van der Waals surface area contributed by atoms with Crippen LogP contribution in [-0.4, -0.2) is 17.9 Å². The maximum atomic E-state index is 14.2. The van der Waals surface area contributed by atoms with Gasteiger partial charge >= 0.3 is 0 Å². The summed E-state index contributed by atoms with van der Waals surface area (Å²) in [5.41, 5.74) is 6.24. The van der Waals surface area contributed by atoms with E-state index in [0.717, 1.165) is 19.3 Å². The number of halogens is 1. The van der Waals surface area contributed by atoms with Gasteiger partial charge in [0.1, 0.15) is 11.6 Å². The van der Waals surface area contributed by atoms with Crippen molar-refractivity contribution in [3.63, 3.8) is 0 Å². The van der Waals surface area contributed by atoms with E-state index < -0.39 is 0 Å². The Hall–Kier alpha value is -0.740. The average Bonchev–Trinajstić information content (AvgIpc) is 2.21. The maximum Gasteiger partial charge on any atom is 0.144 e. The summed E-state index contributed by atoms with van der Waals surface area (Å²) in [5, 5.41) is 9.55. The van der Waals surface area contributed by atoms with Crippen molar-refractivity contribution < 1.29 is 9.50 Å². The molecule has 3 N–H and O–H groups in total. The van der Waals surface area contributed by atoms with Crippen LogP contribution in [0.15, 0.2) is 17.0 Å². The second-order valence-electron chi connectivity index (χ2n) is 4.32.